The van der Waals surface area contributed by atoms with Gasteiger partial charge in [0.2, 0.25) is 5.79 Å². The smallest absolute Gasteiger partial charge is 0.329 e. The molecule has 3 aliphatic heterocycles. The van der Waals surface area contributed by atoms with Gasteiger partial charge >= 0.3 is 5.97 Å². The molecule has 2 aliphatic carbocycles. The van der Waals surface area contributed by atoms with Crippen LogP contribution in [0.25, 0.3) is 5.57 Å². The number of allylic oxidation sites excluding steroid dienone is 8. The number of aliphatic hydroxyl groups excluding tert-OH is 4. The highest BCUT2D eigenvalue weighted by molar-refractivity contribution is 6.39. The van der Waals surface area contributed by atoms with Crippen molar-refractivity contribution in [3.05, 3.63) is 89.1 Å². The molecule has 13 heteroatoms. The van der Waals surface area contributed by atoms with Crippen LogP contribution in [-0.4, -0.2) is 130 Å². The van der Waals surface area contributed by atoms with E-state index in [2.05, 4.69) is 44.2 Å². The summed E-state index contributed by atoms with van der Waals surface area (Å²) in [5.74, 6) is -6.79. The molecule has 1 saturated carbocycles. The highest BCUT2D eigenvalue weighted by Crippen LogP contribution is 2.43. The SMILES string of the molecule is CO[C@H]1[C@@H](O)[C@H](C)C[C@H](C)/C=C/C=C/C=C(\C)[C@@H](C2=CCc3ccccc32)C[C@@H]2CC[C@@H](C)[C@@](O)(O2)C(=O)C(=O)N2CCCC[C@H]2C(=O)O[C@H]([C@H](C)CC2CC[C@@H](O)[C@H](OC)C2)C[C@H](O)[C@H](C)/C=C(\C)[C@H]1O. The molecule has 0 radical (unpaired) electrons. The fourth-order valence-electron chi connectivity index (χ4n) is 12.2. The van der Waals surface area contributed by atoms with Crippen LogP contribution >= 0.6 is 0 Å². The first kappa shape index (κ1) is 57.5. The second-order valence-corrected chi connectivity index (χ2v) is 22.4. The van der Waals surface area contributed by atoms with Crippen LogP contribution in [0.15, 0.2) is 77.9 Å². The molecule has 2 bridgehead atoms. The van der Waals surface area contributed by atoms with Gasteiger partial charge < -0.3 is 49.4 Å². The van der Waals surface area contributed by atoms with Gasteiger partial charge in [-0.2, -0.15) is 0 Å². The highest BCUT2D eigenvalue weighted by atomic mass is 16.6. The van der Waals surface area contributed by atoms with Crippen molar-refractivity contribution in [2.45, 2.75) is 193 Å². The van der Waals surface area contributed by atoms with Crippen LogP contribution in [0.4, 0.5) is 0 Å². The first-order valence-electron chi connectivity index (χ1n) is 27.0. The van der Waals surface area contributed by atoms with E-state index in [1.54, 1.807) is 27.0 Å². The fourth-order valence-corrected chi connectivity index (χ4v) is 12.2. The monoisotopic (exact) mass is 1000 g/mol. The summed E-state index contributed by atoms with van der Waals surface area (Å²) in [5, 5.41) is 58.0. The van der Waals surface area contributed by atoms with Crippen molar-refractivity contribution >= 4 is 23.2 Å². The van der Waals surface area contributed by atoms with E-state index in [0.29, 0.717) is 63.4 Å². The number of hydrogen-bond acceptors (Lipinski definition) is 12. The molecule has 1 aromatic rings. The molecular weight excluding hydrogens is 915 g/mol. The largest absolute Gasteiger partial charge is 0.460 e. The Bertz CT molecular complexity index is 2150. The predicted octanol–water partition coefficient (Wildman–Crippen LogP) is 8.01. The first-order valence-corrected chi connectivity index (χ1v) is 27.0. The van der Waals surface area contributed by atoms with Crippen molar-refractivity contribution in [1.29, 1.82) is 0 Å². The minimum Gasteiger partial charge on any atom is -0.460 e. The van der Waals surface area contributed by atoms with Crippen LogP contribution in [0.2, 0.25) is 0 Å². The number of nitrogens with zero attached hydrogens (tertiary/aromatic N) is 1. The maximum Gasteiger partial charge on any atom is 0.329 e. The molecule has 5 aliphatic rings. The van der Waals surface area contributed by atoms with Gasteiger partial charge in [0.05, 0.1) is 30.5 Å². The topological polar surface area (TPSA) is 193 Å². The maximum absolute atomic E-state index is 14.6. The number of methoxy groups -OCH3 is 2. The van der Waals surface area contributed by atoms with Crippen LogP contribution in [0.1, 0.15) is 137 Å². The van der Waals surface area contributed by atoms with E-state index in [-0.39, 0.29) is 55.1 Å². The molecule has 17 atom stereocenters. The number of Topliss-reactive ketones (excluding diaryl/α,β-unsaturated/α-hetero) is 1. The van der Waals surface area contributed by atoms with Gasteiger partial charge in [-0.05, 0) is 137 Å². The van der Waals surface area contributed by atoms with Crippen LogP contribution in [0.3, 0.4) is 0 Å². The molecule has 1 amide bonds. The van der Waals surface area contributed by atoms with E-state index in [1.807, 2.05) is 51.1 Å². The Morgan fingerprint density at radius 2 is 1.58 bits per heavy atom. The minimum absolute atomic E-state index is 0.0369. The van der Waals surface area contributed by atoms with E-state index >= 15 is 0 Å². The lowest BCUT2D eigenvalue weighted by Gasteiger charge is -2.43. The van der Waals surface area contributed by atoms with Crippen molar-refractivity contribution in [2.75, 3.05) is 20.8 Å². The summed E-state index contributed by atoms with van der Waals surface area (Å²) in [7, 11) is 3.06. The summed E-state index contributed by atoms with van der Waals surface area (Å²) in [5.41, 5.74) is 5.12. The summed E-state index contributed by atoms with van der Waals surface area (Å²) in [6, 6.07) is 7.22. The molecule has 1 unspecified atom stereocenters. The molecule has 3 heterocycles. The zero-order valence-electron chi connectivity index (χ0n) is 44.5. The number of ether oxygens (including phenoxy) is 4. The van der Waals surface area contributed by atoms with Gasteiger partial charge in [-0.1, -0.05) is 107 Å². The number of cyclic esters (lactones) is 1. The number of amides is 1. The van der Waals surface area contributed by atoms with Gasteiger partial charge in [-0.3, -0.25) is 9.59 Å². The molecule has 0 aromatic heterocycles. The number of fused-ring (bicyclic) bond motifs is 4. The van der Waals surface area contributed by atoms with E-state index in [1.165, 1.54) is 17.6 Å². The molecule has 72 heavy (non-hydrogen) atoms. The Kier molecular flexibility index (Phi) is 20.9. The Morgan fingerprint density at radius 1 is 0.833 bits per heavy atom. The second kappa shape index (κ2) is 26.1. The third-order valence-corrected chi connectivity index (χ3v) is 16.9. The van der Waals surface area contributed by atoms with Crippen LogP contribution in [0.5, 0.6) is 0 Å². The molecule has 3 fully saturated rings. The van der Waals surface area contributed by atoms with E-state index in [0.717, 1.165) is 29.6 Å². The van der Waals surface area contributed by atoms with Crippen molar-refractivity contribution in [3.8, 4) is 0 Å². The Morgan fingerprint density at radius 3 is 2.32 bits per heavy atom. The highest BCUT2D eigenvalue weighted by Gasteiger charge is 2.53. The molecule has 6 rings (SSSR count). The Balaban J connectivity index is 1.34. The summed E-state index contributed by atoms with van der Waals surface area (Å²) < 4.78 is 24.2. The van der Waals surface area contributed by atoms with E-state index in [9.17, 15) is 39.9 Å². The lowest BCUT2D eigenvalue weighted by molar-refractivity contribution is -0.264. The third-order valence-electron chi connectivity index (χ3n) is 16.9. The Hall–Kier alpha value is -3.79. The molecule has 13 nitrogen and oxygen atoms in total. The summed E-state index contributed by atoms with van der Waals surface area (Å²) in [4.78, 5) is 45.0. The number of aliphatic hydroxyl groups is 5. The Labute approximate surface area is 429 Å². The number of piperidine rings is 1. The molecule has 1 aromatic carbocycles. The minimum atomic E-state index is -2.42. The zero-order valence-corrected chi connectivity index (χ0v) is 44.5. The first-order chi connectivity index (χ1) is 34.3. The number of hydrogen-bond donors (Lipinski definition) is 5. The van der Waals surface area contributed by atoms with Crippen LogP contribution in [0, 0.1) is 41.4 Å². The lowest BCUT2D eigenvalue weighted by Crippen LogP contribution is -2.60. The molecule has 0 spiro atoms. The van der Waals surface area contributed by atoms with Gasteiger partial charge in [-0.15, -0.1) is 0 Å². The van der Waals surface area contributed by atoms with Crippen molar-refractivity contribution < 1.29 is 58.9 Å². The molecular formula is C59H87NO12. The van der Waals surface area contributed by atoms with Gasteiger partial charge in [0.15, 0.2) is 0 Å². The molecule has 400 valence electrons. The maximum atomic E-state index is 14.6. The van der Waals surface area contributed by atoms with Crippen molar-refractivity contribution in [2.24, 2.45) is 41.4 Å². The van der Waals surface area contributed by atoms with Crippen molar-refractivity contribution in [3.63, 3.8) is 0 Å². The number of benzene rings is 1. The van der Waals surface area contributed by atoms with Crippen molar-refractivity contribution in [1.82, 2.24) is 4.90 Å². The average Bonchev–Trinajstić information content (AvgIpc) is 3.79. The predicted molar refractivity (Wildman–Crippen MR) is 278 cm³/mol. The third kappa shape index (κ3) is 13.9. The molecule has 2 saturated heterocycles. The number of rotatable bonds is 6. The van der Waals surface area contributed by atoms with Gasteiger partial charge in [-0.25, -0.2) is 4.79 Å². The number of ketones is 1. The van der Waals surface area contributed by atoms with E-state index < -0.39 is 84.1 Å². The van der Waals surface area contributed by atoms with Gasteiger partial charge in [0.1, 0.15) is 24.4 Å². The average molecular weight is 1000 g/mol. The second-order valence-electron chi connectivity index (χ2n) is 22.4. The standard InChI is InChI=1S/C59H87NO12/c1-35-17-11-10-12-18-36(2)47(46-26-24-43-19-13-14-20-45(43)46)33-44-25-22-41(7)59(68,72-44)56(65)57(66)60-28-16-15-21-48(60)58(67)71-51(38(4)31-42-23-27-49(61)52(32-42)69-8)34-50(62)37(3)30-40(6)54(64)55(70-9)53(63)39(5)29-35/h10-14,17-20,26,30,35,37-39,41-42,44,47-55,61-64,68H,15-16,21-25,27-29,31-34H2,1-9H3/b12-10+,17-11+,36-18+,40-30+/t35-,37-,38-,39-,41-,42?,44+,47+,48+,49-,50+,51+,52-,53+,54-,55+,59-/m1/s1. The summed E-state index contributed by atoms with van der Waals surface area (Å²) >= 11 is 0. The van der Waals surface area contributed by atoms with Crippen LogP contribution in [-0.2, 0) is 39.8 Å². The van der Waals surface area contributed by atoms with Gasteiger partial charge in [0.25, 0.3) is 11.7 Å². The summed E-state index contributed by atoms with van der Waals surface area (Å²) in [6.07, 6.45) is 14.7. The number of esters is 1. The van der Waals surface area contributed by atoms with Gasteiger partial charge in [0, 0.05) is 44.9 Å². The normalized spacial score (nSPS) is 40.3. The zero-order chi connectivity index (χ0) is 52.4. The summed E-state index contributed by atoms with van der Waals surface area (Å²) in [6.45, 7) is 13.5. The number of carbonyl (C=O) groups excluding carboxylic acids is 3. The molecule has 5 N–H and O–H groups in total. The van der Waals surface area contributed by atoms with Crippen LogP contribution < -0.4 is 0 Å². The lowest BCUT2D eigenvalue weighted by atomic mass is 9.78. The number of carbonyl (C=O) groups is 3. The van der Waals surface area contributed by atoms with E-state index in [4.69, 9.17) is 18.9 Å². The fraction of sp³-hybridized carbons (Fsp3) is 0.678. The quantitative estimate of drug-likeness (QED) is 0.105.